The molecule has 0 saturated heterocycles. The minimum Gasteiger partial charge on any atom is -0.515 e. The van der Waals surface area contributed by atoms with Crippen molar-refractivity contribution in [3.8, 4) is 0 Å². The highest BCUT2D eigenvalue weighted by atomic mass is 16.2. The Morgan fingerprint density at radius 3 is 2.60 bits per heavy atom. The van der Waals surface area contributed by atoms with Gasteiger partial charge in [-0.2, -0.15) is 0 Å². The van der Waals surface area contributed by atoms with Crippen molar-refractivity contribution in [3.05, 3.63) is 24.0 Å². The van der Waals surface area contributed by atoms with Crippen LogP contribution in [0.1, 0.15) is 6.42 Å². The molecule has 0 aromatic carbocycles. The van der Waals surface area contributed by atoms with Crippen molar-refractivity contribution in [1.82, 2.24) is 0 Å². The molecule has 0 radical (unpaired) electrons. The summed E-state index contributed by atoms with van der Waals surface area (Å²) in [4.78, 5) is 21.3. The van der Waals surface area contributed by atoms with Crippen LogP contribution in [0.5, 0.6) is 0 Å². The van der Waals surface area contributed by atoms with Crippen LogP contribution in [-0.2, 0) is 9.59 Å². The third-order valence-electron chi connectivity index (χ3n) is 1.24. The van der Waals surface area contributed by atoms with Gasteiger partial charge < -0.3 is 5.11 Å². The summed E-state index contributed by atoms with van der Waals surface area (Å²) < 4.78 is 0. The van der Waals surface area contributed by atoms with Crippen LogP contribution in [0.3, 0.4) is 0 Å². The number of carbonyl (C=O) groups excluding carboxylic acids is 2. The summed E-state index contributed by atoms with van der Waals surface area (Å²) in [6.45, 7) is 0. The lowest BCUT2D eigenvalue weighted by Crippen LogP contribution is -2.11. The first-order valence-electron chi connectivity index (χ1n) is 2.82. The van der Waals surface area contributed by atoms with Crippen molar-refractivity contribution in [2.45, 2.75) is 6.42 Å². The topological polar surface area (TPSA) is 54.4 Å². The van der Waals surface area contributed by atoms with E-state index in [1.165, 1.54) is 12.2 Å². The van der Waals surface area contributed by atoms with Crippen molar-refractivity contribution >= 4 is 11.6 Å². The zero-order valence-corrected chi connectivity index (χ0v) is 5.20. The van der Waals surface area contributed by atoms with Gasteiger partial charge in [0.1, 0.15) is 0 Å². The fourth-order valence-electron chi connectivity index (χ4n) is 0.710. The lowest BCUT2D eigenvalue weighted by molar-refractivity contribution is -0.122. The van der Waals surface area contributed by atoms with Crippen LogP contribution in [0.2, 0.25) is 0 Å². The molecule has 0 fully saturated rings. The Balaban J connectivity index is 2.93. The summed E-state index contributed by atoms with van der Waals surface area (Å²) in [6, 6.07) is 0. The van der Waals surface area contributed by atoms with E-state index < -0.39 is 0 Å². The maximum Gasteiger partial charge on any atom is 0.173 e. The second-order valence-corrected chi connectivity index (χ2v) is 1.98. The quantitative estimate of drug-likeness (QED) is 0.301. The van der Waals surface area contributed by atoms with Gasteiger partial charge in [0.15, 0.2) is 11.6 Å². The predicted octanol–water partition coefficient (Wildman–Crippen LogP) is 0.526. The number of aliphatic hydroxyl groups excluding tert-OH is 1. The SMILES string of the molecule is O=C1C=CC(=CO)C(=O)C1. The molecule has 0 aromatic heterocycles. The first kappa shape index (κ1) is 6.74. The maximum atomic E-state index is 10.7. The van der Waals surface area contributed by atoms with E-state index in [4.69, 9.17) is 5.11 Å². The molecular weight excluding hydrogens is 132 g/mol. The highest BCUT2D eigenvalue weighted by Gasteiger charge is 2.15. The van der Waals surface area contributed by atoms with Crippen LogP contribution in [0.25, 0.3) is 0 Å². The Labute approximate surface area is 57.7 Å². The third kappa shape index (κ3) is 1.13. The normalized spacial score (nSPS) is 22.2. The number of aliphatic hydroxyl groups is 1. The number of hydrogen-bond acceptors (Lipinski definition) is 3. The van der Waals surface area contributed by atoms with Gasteiger partial charge in [0.25, 0.3) is 0 Å². The zero-order chi connectivity index (χ0) is 7.56. The molecule has 3 heteroatoms. The fraction of sp³-hybridized carbons (Fsp3) is 0.143. The molecule has 0 heterocycles. The second-order valence-electron chi connectivity index (χ2n) is 1.98. The van der Waals surface area contributed by atoms with Gasteiger partial charge in [-0.3, -0.25) is 9.59 Å². The highest BCUT2D eigenvalue weighted by molar-refractivity contribution is 6.15. The molecule has 52 valence electrons. The van der Waals surface area contributed by atoms with E-state index in [1.54, 1.807) is 0 Å². The fourth-order valence-corrected chi connectivity index (χ4v) is 0.710. The highest BCUT2D eigenvalue weighted by Crippen LogP contribution is 2.08. The number of hydrogen-bond donors (Lipinski definition) is 1. The van der Waals surface area contributed by atoms with Gasteiger partial charge in [-0.1, -0.05) is 0 Å². The molecule has 1 aliphatic rings. The molecular formula is C7H6O3. The van der Waals surface area contributed by atoms with E-state index in [2.05, 4.69) is 0 Å². The molecule has 0 aliphatic heterocycles. The van der Waals surface area contributed by atoms with Gasteiger partial charge in [0.05, 0.1) is 18.3 Å². The Morgan fingerprint density at radius 2 is 2.10 bits per heavy atom. The van der Waals surface area contributed by atoms with Crippen LogP contribution < -0.4 is 0 Å². The molecule has 1 aliphatic carbocycles. The molecule has 0 amide bonds. The first-order chi connectivity index (χ1) is 4.74. The van der Waals surface area contributed by atoms with Gasteiger partial charge in [-0.05, 0) is 12.2 Å². The van der Waals surface area contributed by atoms with Crippen molar-refractivity contribution in [2.75, 3.05) is 0 Å². The van der Waals surface area contributed by atoms with E-state index in [1.807, 2.05) is 0 Å². The Hall–Kier alpha value is -1.38. The van der Waals surface area contributed by atoms with Crippen molar-refractivity contribution < 1.29 is 14.7 Å². The molecule has 1 N–H and O–H groups in total. The van der Waals surface area contributed by atoms with Crippen LogP contribution in [0.4, 0.5) is 0 Å². The minimum absolute atomic E-state index is 0.122. The summed E-state index contributed by atoms with van der Waals surface area (Å²) in [5.41, 5.74) is 0.194. The summed E-state index contributed by atoms with van der Waals surface area (Å²) in [7, 11) is 0. The Morgan fingerprint density at radius 1 is 1.40 bits per heavy atom. The van der Waals surface area contributed by atoms with E-state index in [0.717, 1.165) is 0 Å². The summed E-state index contributed by atoms with van der Waals surface area (Å²) in [5.74, 6) is -0.536. The lowest BCUT2D eigenvalue weighted by Gasteiger charge is -2.01. The van der Waals surface area contributed by atoms with Gasteiger partial charge in [-0.15, -0.1) is 0 Å². The van der Waals surface area contributed by atoms with Crippen LogP contribution >= 0.6 is 0 Å². The second kappa shape index (κ2) is 2.47. The van der Waals surface area contributed by atoms with Gasteiger partial charge in [-0.25, -0.2) is 0 Å². The Kier molecular flexibility index (Phi) is 1.67. The molecule has 3 nitrogen and oxygen atoms in total. The molecule has 0 saturated carbocycles. The molecule has 0 unspecified atom stereocenters. The van der Waals surface area contributed by atoms with E-state index in [-0.39, 0.29) is 23.6 Å². The molecule has 0 aromatic rings. The summed E-state index contributed by atoms with van der Waals surface area (Å²) in [5, 5.41) is 8.40. The first-order valence-corrected chi connectivity index (χ1v) is 2.82. The van der Waals surface area contributed by atoms with Crippen LogP contribution in [-0.4, -0.2) is 16.7 Å². The maximum absolute atomic E-state index is 10.7. The van der Waals surface area contributed by atoms with Gasteiger partial charge in [0, 0.05) is 0 Å². The van der Waals surface area contributed by atoms with E-state index >= 15 is 0 Å². The van der Waals surface area contributed by atoms with Gasteiger partial charge in [0.2, 0.25) is 0 Å². The third-order valence-corrected chi connectivity index (χ3v) is 1.24. The Bertz CT molecular complexity index is 235. The van der Waals surface area contributed by atoms with Gasteiger partial charge >= 0.3 is 0 Å². The summed E-state index contributed by atoms with van der Waals surface area (Å²) >= 11 is 0. The standard InChI is InChI=1S/C7H6O3/c8-4-5-1-2-6(9)3-7(5)10/h1-2,4,8H,3H2. The number of Topliss-reactive ketones (excluding diaryl/α,β-unsaturated/α-hetero) is 1. The summed E-state index contributed by atoms with van der Waals surface area (Å²) in [6.07, 6.45) is 3.19. The molecule has 0 atom stereocenters. The average molecular weight is 138 g/mol. The molecule has 1 rings (SSSR count). The van der Waals surface area contributed by atoms with Crippen molar-refractivity contribution in [1.29, 1.82) is 0 Å². The van der Waals surface area contributed by atoms with Crippen LogP contribution in [0, 0.1) is 0 Å². The molecule has 0 spiro atoms. The van der Waals surface area contributed by atoms with E-state index in [0.29, 0.717) is 6.26 Å². The molecule has 10 heavy (non-hydrogen) atoms. The zero-order valence-electron chi connectivity index (χ0n) is 5.20. The molecule has 0 bridgehead atoms. The van der Waals surface area contributed by atoms with Crippen LogP contribution in [0.15, 0.2) is 24.0 Å². The number of carbonyl (C=O) groups is 2. The van der Waals surface area contributed by atoms with E-state index in [9.17, 15) is 9.59 Å². The number of allylic oxidation sites excluding steroid dienone is 3. The smallest absolute Gasteiger partial charge is 0.173 e. The van der Waals surface area contributed by atoms with Crippen molar-refractivity contribution in [3.63, 3.8) is 0 Å². The average Bonchev–Trinajstić information content (AvgIpc) is 1.88. The largest absolute Gasteiger partial charge is 0.515 e. The minimum atomic E-state index is -0.324. The monoisotopic (exact) mass is 138 g/mol. The number of ketones is 2. The predicted molar refractivity (Wildman–Crippen MR) is 34.5 cm³/mol. The van der Waals surface area contributed by atoms with Crippen molar-refractivity contribution in [2.24, 2.45) is 0 Å². The lowest BCUT2D eigenvalue weighted by atomic mass is 10.0. The number of rotatable bonds is 0.